The molecule has 0 bridgehead atoms. The number of nitrogen functional groups attached to an aromatic ring is 1. The average Bonchev–Trinajstić information content (AvgIpc) is 2.43. The molecular weight excluding hydrogens is 290 g/mol. The van der Waals surface area contributed by atoms with Gasteiger partial charge in [0.1, 0.15) is 29.9 Å². The van der Waals surface area contributed by atoms with E-state index in [4.69, 9.17) is 5.73 Å². The minimum absolute atomic E-state index is 0.223. The molecule has 2 aromatic rings. The van der Waals surface area contributed by atoms with E-state index in [1.807, 2.05) is 0 Å². The molecule has 0 fully saturated rings. The lowest BCUT2D eigenvalue weighted by atomic mass is 10.2. The molecule has 21 heavy (non-hydrogen) atoms. The Kier molecular flexibility index (Phi) is 4.11. The van der Waals surface area contributed by atoms with E-state index in [2.05, 4.69) is 4.74 Å². The highest BCUT2D eigenvalue weighted by atomic mass is 19.1. The number of nitrogens with two attached hydrogens (primary N) is 1. The van der Waals surface area contributed by atoms with Crippen LogP contribution in [0.25, 0.3) is 0 Å². The minimum atomic E-state index is -1.21. The summed E-state index contributed by atoms with van der Waals surface area (Å²) in [5.74, 6) is -4.77. The fourth-order valence-electron chi connectivity index (χ4n) is 1.59. The molecule has 0 aliphatic rings. The number of carbonyl (C=O) groups is 1. The van der Waals surface area contributed by atoms with Crippen LogP contribution in [0, 0.1) is 23.3 Å². The first-order chi connectivity index (χ1) is 9.88. The Morgan fingerprint density at radius 3 is 2.43 bits per heavy atom. The minimum Gasteiger partial charge on any atom is -0.457 e. The van der Waals surface area contributed by atoms with E-state index in [-0.39, 0.29) is 5.56 Å². The zero-order valence-corrected chi connectivity index (χ0v) is 10.5. The summed E-state index contributed by atoms with van der Waals surface area (Å²) in [6.45, 7) is -0.617. The fourth-order valence-corrected chi connectivity index (χ4v) is 1.59. The van der Waals surface area contributed by atoms with Crippen molar-refractivity contribution >= 4 is 11.7 Å². The highest BCUT2D eigenvalue weighted by Gasteiger charge is 2.17. The Morgan fingerprint density at radius 2 is 1.71 bits per heavy atom. The molecule has 2 N–H and O–H groups in total. The number of rotatable bonds is 3. The first-order valence-electron chi connectivity index (χ1n) is 5.74. The van der Waals surface area contributed by atoms with Crippen molar-refractivity contribution in [2.24, 2.45) is 0 Å². The predicted molar refractivity (Wildman–Crippen MR) is 66.2 cm³/mol. The Balaban J connectivity index is 2.15. The van der Waals surface area contributed by atoms with Gasteiger partial charge in [-0.25, -0.2) is 22.4 Å². The molecule has 0 aliphatic carbocycles. The fraction of sp³-hybridized carbons (Fsp3) is 0.0714. The summed E-state index contributed by atoms with van der Waals surface area (Å²) in [6, 6.07) is 3.81. The van der Waals surface area contributed by atoms with Gasteiger partial charge >= 0.3 is 5.97 Å². The van der Waals surface area contributed by atoms with Crippen LogP contribution in [0.1, 0.15) is 15.9 Å². The van der Waals surface area contributed by atoms with Gasteiger partial charge in [0.25, 0.3) is 0 Å². The van der Waals surface area contributed by atoms with E-state index in [1.54, 1.807) is 0 Å². The number of ether oxygens (including phenoxy) is 1. The van der Waals surface area contributed by atoms with Gasteiger partial charge < -0.3 is 10.5 Å². The van der Waals surface area contributed by atoms with Gasteiger partial charge in [0.2, 0.25) is 0 Å². The SMILES string of the molecule is Nc1cc(F)c(C(=O)OCc2cc(F)ccc2F)cc1F. The van der Waals surface area contributed by atoms with E-state index in [1.165, 1.54) is 0 Å². The van der Waals surface area contributed by atoms with Crippen LogP contribution in [0.2, 0.25) is 0 Å². The summed E-state index contributed by atoms with van der Waals surface area (Å²) in [4.78, 5) is 11.6. The highest BCUT2D eigenvalue weighted by molar-refractivity contribution is 5.90. The van der Waals surface area contributed by atoms with Crippen LogP contribution in [-0.4, -0.2) is 5.97 Å². The summed E-state index contributed by atoms with van der Waals surface area (Å²) in [5.41, 5.74) is 3.77. The Labute approximate surface area is 116 Å². The predicted octanol–water partition coefficient (Wildman–Crippen LogP) is 3.18. The van der Waals surface area contributed by atoms with E-state index in [0.717, 1.165) is 18.2 Å². The van der Waals surface area contributed by atoms with Crippen LogP contribution in [0.5, 0.6) is 0 Å². The van der Waals surface area contributed by atoms with Gasteiger partial charge in [-0.05, 0) is 24.3 Å². The van der Waals surface area contributed by atoms with Crippen molar-refractivity contribution in [3.05, 3.63) is 64.7 Å². The lowest BCUT2D eigenvalue weighted by molar-refractivity contribution is 0.0462. The molecular formula is C14H9F4NO2. The highest BCUT2D eigenvalue weighted by Crippen LogP contribution is 2.18. The second kappa shape index (κ2) is 5.82. The van der Waals surface area contributed by atoms with Gasteiger partial charge in [-0.2, -0.15) is 0 Å². The summed E-state index contributed by atoms with van der Waals surface area (Å²) >= 11 is 0. The molecule has 0 amide bonds. The van der Waals surface area contributed by atoms with E-state index < -0.39 is 47.1 Å². The third kappa shape index (κ3) is 3.31. The van der Waals surface area contributed by atoms with E-state index in [0.29, 0.717) is 12.1 Å². The number of anilines is 1. The maximum absolute atomic E-state index is 13.5. The van der Waals surface area contributed by atoms with Crippen LogP contribution < -0.4 is 5.73 Å². The lowest BCUT2D eigenvalue weighted by Crippen LogP contribution is -2.10. The molecule has 2 rings (SSSR count). The van der Waals surface area contributed by atoms with Gasteiger partial charge in [-0.15, -0.1) is 0 Å². The van der Waals surface area contributed by atoms with E-state index >= 15 is 0 Å². The molecule has 7 heteroatoms. The molecule has 0 saturated heterocycles. The zero-order valence-electron chi connectivity index (χ0n) is 10.5. The van der Waals surface area contributed by atoms with Gasteiger partial charge in [0, 0.05) is 11.6 Å². The molecule has 110 valence electrons. The summed E-state index contributed by atoms with van der Waals surface area (Å²) < 4.78 is 57.5. The van der Waals surface area contributed by atoms with Gasteiger partial charge in [0.15, 0.2) is 0 Å². The van der Waals surface area contributed by atoms with Crippen molar-refractivity contribution in [3.63, 3.8) is 0 Å². The normalized spacial score (nSPS) is 10.5. The second-order valence-corrected chi connectivity index (χ2v) is 4.17. The van der Waals surface area contributed by atoms with Crippen molar-refractivity contribution in [2.45, 2.75) is 6.61 Å². The van der Waals surface area contributed by atoms with Crippen LogP contribution in [0.15, 0.2) is 30.3 Å². The third-order valence-corrected chi connectivity index (χ3v) is 2.67. The van der Waals surface area contributed by atoms with Crippen LogP contribution in [-0.2, 0) is 11.3 Å². The van der Waals surface area contributed by atoms with Crippen LogP contribution in [0.4, 0.5) is 23.2 Å². The molecule has 0 aliphatic heterocycles. The first kappa shape index (κ1) is 14.8. The summed E-state index contributed by atoms with van der Waals surface area (Å²) in [5, 5.41) is 0. The van der Waals surface area contributed by atoms with Crippen LogP contribution >= 0.6 is 0 Å². The summed E-state index contributed by atoms with van der Waals surface area (Å²) in [7, 11) is 0. The molecule has 0 aromatic heterocycles. The molecule has 0 radical (unpaired) electrons. The number of hydrogen-bond donors (Lipinski definition) is 1. The maximum Gasteiger partial charge on any atom is 0.341 e. The standard InChI is InChI=1S/C14H9F4NO2/c15-8-1-2-10(16)7(3-8)6-21-14(20)9-4-12(18)13(19)5-11(9)17/h1-5H,6,19H2. The number of carbonyl (C=O) groups excluding carboxylic acids is 1. The van der Waals surface area contributed by atoms with Gasteiger partial charge in [0.05, 0.1) is 11.3 Å². The molecule has 0 spiro atoms. The number of halogens is 4. The molecule has 0 heterocycles. The Hall–Kier alpha value is -2.57. The molecule has 0 saturated carbocycles. The smallest absolute Gasteiger partial charge is 0.341 e. The average molecular weight is 299 g/mol. The maximum atomic E-state index is 13.5. The Bertz CT molecular complexity index is 704. The second-order valence-electron chi connectivity index (χ2n) is 4.17. The number of esters is 1. The first-order valence-corrected chi connectivity index (χ1v) is 5.74. The lowest BCUT2D eigenvalue weighted by Gasteiger charge is -2.08. The third-order valence-electron chi connectivity index (χ3n) is 2.67. The van der Waals surface area contributed by atoms with Crippen molar-refractivity contribution in [1.82, 2.24) is 0 Å². The Morgan fingerprint density at radius 1 is 1.00 bits per heavy atom. The van der Waals surface area contributed by atoms with Crippen molar-refractivity contribution < 1.29 is 27.1 Å². The molecule has 0 atom stereocenters. The van der Waals surface area contributed by atoms with Crippen molar-refractivity contribution in [1.29, 1.82) is 0 Å². The largest absolute Gasteiger partial charge is 0.457 e. The van der Waals surface area contributed by atoms with E-state index in [9.17, 15) is 22.4 Å². The van der Waals surface area contributed by atoms with Gasteiger partial charge in [-0.1, -0.05) is 0 Å². The quantitative estimate of drug-likeness (QED) is 0.538. The van der Waals surface area contributed by atoms with Crippen LogP contribution in [0.3, 0.4) is 0 Å². The molecule has 0 unspecified atom stereocenters. The monoisotopic (exact) mass is 299 g/mol. The zero-order chi connectivity index (χ0) is 15.6. The molecule has 3 nitrogen and oxygen atoms in total. The topological polar surface area (TPSA) is 52.3 Å². The van der Waals surface area contributed by atoms with Crippen molar-refractivity contribution in [3.8, 4) is 0 Å². The van der Waals surface area contributed by atoms with Crippen molar-refractivity contribution in [2.75, 3.05) is 5.73 Å². The van der Waals surface area contributed by atoms with Gasteiger partial charge in [-0.3, -0.25) is 0 Å². The summed E-state index contributed by atoms with van der Waals surface area (Å²) in [6.07, 6.45) is 0. The number of benzene rings is 2. The number of hydrogen-bond acceptors (Lipinski definition) is 3. The molecule has 2 aromatic carbocycles.